The van der Waals surface area contributed by atoms with Gasteiger partial charge in [-0.05, 0) is 38.5 Å². The summed E-state index contributed by atoms with van der Waals surface area (Å²) in [4.78, 5) is 39.2. The molecule has 0 aliphatic carbocycles. The van der Waals surface area contributed by atoms with Crippen LogP contribution in [0.3, 0.4) is 0 Å². The number of carbonyl (C=O) groups excluding carboxylic acids is 3. The zero-order chi connectivity index (χ0) is 20.0. The Morgan fingerprint density at radius 3 is 2.11 bits per heavy atom. The molecule has 1 aromatic carbocycles. The van der Waals surface area contributed by atoms with Gasteiger partial charge in [-0.1, -0.05) is 34.1 Å². The highest BCUT2D eigenvalue weighted by Gasteiger charge is 2.47. The van der Waals surface area contributed by atoms with Crippen LogP contribution < -0.4 is 4.90 Å². The lowest BCUT2D eigenvalue weighted by molar-refractivity contribution is -0.162. The first kappa shape index (κ1) is 21.0. The van der Waals surface area contributed by atoms with E-state index in [1.807, 2.05) is 12.1 Å². The van der Waals surface area contributed by atoms with Crippen molar-refractivity contribution >= 4 is 45.7 Å². The van der Waals surface area contributed by atoms with E-state index in [9.17, 15) is 14.4 Å². The minimum atomic E-state index is -1.35. The van der Waals surface area contributed by atoms with Crippen molar-refractivity contribution in [1.82, 2.24) is 0 Å². The molecule has 27 heavy (non-hydrogen) atoms. The monoisotopic (exact) mass is 439 g/mol. The van der Waals surface area contributed by atoms with Crippen molar-refractivity contribution in [3.8, 4) is 0 Å². The Kier molecular flexibility index (Phi) is 7.41. The second kappa shape index (κ2) is 9.55. The molecule has 8 heteroatoms. The fraction of sp³-hybridized carbons (Fsp3) is 0.421. The van der Waals surface area contributed by atoms with Gasteiger partial charge in [0, 0.05) is 4.48 Å². The molecule has 0 bridgehead atoms. The van der Waals surface area contributed by atoms with Gasteiger partial charge in [0.1, 0.15) is 0 Å². The highest BCUT2D eigenvalue weighted by Crippen LogP contribution is 2.39. The van der Waals surface area contributed by atoms with E-state index in [1.54, 1.807) is 39.0 Å². The fourth-order valence-corrected chi connectivity index (χ4v) is 3.58. The summed E-state index contributed by atoms with van der Waals surface area (Å²) in [6.07, 6.45) is 1.10. The average Bonchev–Trinajstić information content (AvgIpc) is 2.62. The van der Waals surface area contributed by atoms with Crippen LogP contribution in [-0.2, 0) is 23.8 Å². The average molecular weight is 440 g/mol. The third-order valence-corrected chi connectivity index (χ3v) is 4.61. The third kappa shape index (κ3) is 4.50. The predicted molar refractivity (Wildman–Crippen MR) is 103 cm³/mol. The Morgan fingerprint density at radius 2 is 1.56 bits per heavy atom. The number of rotatable bonds is 6. The maximum atomic E-state index is 12.7. The second-order valence-electron chi connectivity index (χ2n) is 5.58. The molecule has 1 unspecified atom stereocenters. The van der Waals surface area contributed by atoms with Crippen molar-refractivity contribution in [3.05, 3.63) is 34.3 Å². The van der Waals surface area contributed by atoms with E-state index >= 15 is 0 Å². The van der Waals surface area contributed by atoms with E-state index < -0.39 is 30.0 Å². The molecule has 1 aliphatic heterocycles. The summed E-state index contributed by atoms with van der Waals surface area (Å²) in [7, 11) is 0. The van der Waals surface area contributed by atoms with Crippen molar-refractivity contribution in [2.75, 3.05) is 24.7 Å². The van der Waals surface area contributed by atoms with Crippen LogP contribution >= 0.6 is 15.9 Å². The van der Waals surface area contributed by atoms with Crippen LogP contribution in [0, 0.1) is 5.92 Å². The number of carbonyl (C=O) groups is 3. The maximum absolute atomic E-state index is 12.7. The molecular formula is C19H22BrNO6. The van der Waals surface area contributed by atoms with Crippen LogP contribution in [0.25, 0.3) is 6.08 Å². The van der Waals surface area contributed by atoms with Gasteiger partial charge in [-0.2, -0.15) is 0 Å². The number of hydrogen-bond acceptors (Lipinski definition) is 6. The Bertz CT molecular complexity index is 729. The summed E-state index contributed by atoms with van der Waals surface area (Å²) in [6.45, 7) is 5.31. The molecule has 0 saturated heterocycles. The number of fused-ring (bicyclic) bond motifs is 1. The molecule has 0 spiro atoms. The van der Waals surface area contributed by atoms with Gasteiger partial charge in [-0.3, -0.25) is 14.5 Å². The summed E-state index contributed by atoms with van der Waals surface area (Å²) in [5.41, 5.74) is 1.28. The minimum absolute atomic E-state index is 0.0960. The van der Waals surface area contributed by atoms with Crippen LogP contribution in [-0.4, -0.2) is 43.9 Å². The number of esters is 2. The number of para-hydroxylation sites is 1. The Labute approximate surface area is 166 Å². The van der Waals surface area contributed by atoms with Crippen molar-refractivity contribution in [1.29, 1.82) is 0 Å². The number of amides is 1. The second-order valence-corrected chi connectivity index (χ2v) is 6.50. The molecule has 146 valence electrons. The SMILES string of the molecule is CCOC(=O)C(C(=O)OCC)C1C(Br)=Cc2ccccc2N1C(=O)OCC. The summed E-state index contributed by atoms with van der Waals surface area (Å²) in [5.74, 6) is -2.88. The topological polar surface area (TPSA) is 82.1 Å². The van der Waals surface area contributed by atoms with Crippen LogP contribution in [0.5, 0.6) is 0 Å². The van der Waals surface area contributed by atoms with Crippen molar-refractivity contribution < 1.29 is 28.6 Å². The lowest BCUT2D eigenvalue weighted by atomic mass is 9.92. The van der Waals surface area contributed by atoms with Crippen LogP contribution in [0.1, 0.15) is 26.3 Å². The van der Waals surface area contributed by atoms with E-state index in [4.69, 9.17) is 14.2 Å². The maximum Gasteiger partial charge on any atom is 0.414 e. The normalized spacial score (nSPS) is 15.7. The van der Waals surface area contributed by atoms with E-state index in [2.05, 4.69) is 15.9 Å². The summed E-state index contributed by atoms with van der Waals surface area (Å²) < 4.78 is 15.8. The van der Waals surface area contributed by atoms with Gasteiger partial charge in [-0.15, -0.1) is 0 Å². The van der Waals surface area contributed by atoms with E-state index in [0.29, 0.717) is 10.2 Å². The Morgan fingerprint density at radius 1 is 1.00 bits per heavy atom. The van der Waals surface area contributed by atoms with Gasteiger partial charge in [0.2, 0.25) is 0 Å². The third-order valence-electron chi connectivity index (χ3n) is 3.91. The van der Waals surface area contributed by atoms with Crippen LogP contribution in [0.2, 0.25) is 0 Å². The lowest BCUT2D eigenvalue weighted by Gasteiger charge is -2.37. The molecule has 1 aliphatic rings. The van der Waals surface area contributed by atoms with Gasteiger partial charge in [-0.25, -0.2) is 4.79 Å². The molecule has 0 N–H and O–H groups in total. The summed E-state index contributed by atoms with van der Waals surface area (Å²) in [5, 5.41) is 0. The predicted octanol–water partition coefficient (Wildman–Crippen LogP) is 3.51. The molecule has 0 radical (unpaired) electrons. The highest BCUT2D eigenvalue weighted by atomic mass is 79.9. The van der Waals surface area contributed by atoms with Gasteiger partial charge >= 0.3 is 18.0 Å². The van der Waals surface area contributed by atoms with Gasteiger partial charge < -0.3 is 14.2 Å². The standard InChI is InChI=1S/C19H22BrNO6/c1-4-25-17(22)15(18(23)26-5-2)16-13(20)11-12-9-7-8-10-14(12)21(16)19(24)27-6-3/h7-11,15-16H,4-6H2,1-3H3. The molecular weight excluding hydrogens is 418 g/mol. The van der Waals surface area contributed by atoms with Crippen molar-refractivity contribution in [2.45, 2.75) is 26.8 Å². The largest absolute Gasteiger partial charge is 0.465 e. The molecule has 0 saturated carbocycles. The molecule has 1 atom stereocenters. The molecule has 2 rings (SSSR count). The fourth-order valence-electron chi connectivity index (χ4n) is 2.87. The Balaban J connectivity index is 2.58. The molecule has 0 aromatic heterocycles. The smallest absolute Gasteiger partial charge is 0.414 e. The zero-order valence-corrected chi connectivity index (χ0v) is 17.0. The number of ether oxygens (including phenoxy) is 3. The lowest BCUT2D eigenvalue weighted by Crippen LogP contribution is -2.52. The van der Waals surface area contributed by atoms with Gasteiger partial charge in [0.05, 0.1) is 31.5 Å². The number of benzene rings is 1. The van der Waals surface area contributed by atoms with E-state index in [1.165, 1.54) is 4.90 Å². The van der Waals surface area contributed by atoms with Crippen LogP contribution in [0.15, 0.2) is 28.7 Å². The van der Waals surface area contributed by atoms with E-state index in [-0.39, 0.29) is 19.8 Å². The molecule has 1 amide bonds. The quantitative estimate of drug-likeness (QED) is 0.383. The number of halogens is 1. The van der Waals surface area contributed by atoms with Crippen molar-refractivity contribution in [3.63, 3.8) is 0 Å². The van der Waals surface area contributed by atoms with Gasteiger partial charge in [0.15, 0.2) is 5.92 Å². The first-order valence-corrected chi connectivity index (χ1v) is 9.50. The summed E-state index contributed by atoms with van der Waals surface area (Å²) >= 11 is 3.42. The number of anilines is 1. The zero-order valence-electron chi connectivity index (χ0n) is 15.4. The first-order chi connectivity index (χ1) is 13.0. The minimum Gasteiger partial charge on any atom is -0.465 e. The molecule has 0 fully saturated rings. The molecule has 7 nitrogen and oxygen atoms in total. The number of nitrogens with zero attached hydrogens (tertiary/aromatic N) is 1. The molecule has 1 aromatic rings. The summed E-state index contributed by atoms with van der Waals surface area (Å²) in [6, 6.07) is 6.16. The van der Waals surface area contributed by atoms with Crippen molar-refractivity contribution in [2.24, 2.45) is 5.92 Å². The van der Waals surface area contributed by atoms with Gasteiger partial charge in [0.25, 0.3) is 0 Å². The van der Waals surface area contributed by atoms with E-state index in [0.717, 1.165) is 5.56 Å². The van der Waals surface area contributed by atoms with Crippen LogP contribution in [0.4, 0.5) is 10.5 Å². The Hall–Kier alpha value is -2.35. The number of hydrogen-bond donors (Lipinski definition) is 0. The first-order valence-electron chi connectivity index (χ1n) is 8.71. The molecule has 1 heterocycles. The highest BCUT2D eigenvalue weighted by molar-refractivity contribution is 9.11.